The number of aromatic nitrogens is 2. The molecule has 0 aliphatic carbocycles. The molecule has 2 rings (SSSR count). The molecule has 0 aliphatic rings. The summed E-state index contributed by atoms with van der Waals surface area (Å²) in [5, 5.41) is 4.00. The van der Waals surface area contributed by atoms with Gasteiger partial charge in [0.05, 0.1) is 11.6 Å². The van der Waals surface area contributed by atoms with Gasteiger partial charge in [-0.1, -0.05) is 11.6 Å². The van der Waals surface area contributed by atoms with Crippen LogP contribution in [0, 0.1) is 0 Å². The van der Waals surface area contributed by atoms with Gasteiger partial charge in [0.15, 0.2) is 0 Å². The lowest BCUT2D eigenvalue weighted by atomic mass is 10.3. The highest BCUT2D eigenvalue weighted by atomic mass is 79.9. The van der Waals surface area contributed by atoms with Crippen molar-refractivity contribution in [1.29, 1.82) is 0 Å². The average Bonchev–Trinajstić information content (AvgIpc) is 2.78. The third kappa shape index (κ3) is 3.01. The zero-order chi connectivity index (χ0) is 12.3. The molecule has 0 radical (unpaired) electrons. The molecule has 0 amide bonds. The molecule has 5 heteroatoms. The molecule has 0 unspecified atom stereocenters. The molecule has 3 nitrogen and oxygen atoms in total. The maximum absolute atomic E-state index is 6.03. The Bertz CT molecular complexity index is 510. The van der Waals surface area contributed by atoms with Crippen molar-refractivity contribution in [3.05, 3.63) is 45.9 Å². The maximum Gasteiger partial charge on any atom is 0.128 e. The second-order valence-corrected chi connectivity index (χ2v) is 4.87. The highest BCUT2D eigenvalue weighted by molar-refractivity contribution is 9.10. The zero-order valence-corrected chi connectivity index (χ0v) is 11.8. The molecule has 0 bridgehead atoms. The molecule has 0 aliphatic heterocycles. The smallest absolute Gasteiger partial charge is 0.128 e. The molecule has 1 heterocycles. The minimum atomic E-state index is 0.693. The van der Waals surface area contributed by atoms with Gasteiger partial charge in [0.1, 0.15) is 5.82 Å². The highest BCUT2D eigenvalue weighted by Crippen LogP contribution is 2.25. The fourth-order valence-corrected chi connectivity index (χ4v) is 2.01. The Morgan fingerprint density at radius 3 is 3.00 bits per heavy atom. The normalized spacial score (nSPS) is 10.5. The van der Waals surface area contributed by atoms with Crippen LogP contribution in [0.1, 0.15) is 12.7 Å². The second-order valence-electron chi connectivity index (χ2n) is 3.61. The first-order chi connectivity index (χ1) is 8.20. The lowest BCUT2D eigenvalue weighted by molar-refractivity contribution is 0.708. The standard InChI is InChI=1S/C12H13BrClN3/c1-2-17-6-5-15-12(17)8-16-9-3-4-10(13)11(14)7-9/h3-7,16H,2,8H2,1H3. The molecular weight excluding hydrogens is 302 g/mol. The molecule has 0 spiro atoms. The van der Waals surface area contributed by atoms with Gasteiger partial charge < -0.3 is 9.88 Å². The number of aryl methyl sites for hydroxylation is 1. The van der Waals surface area contributed by atoms with E-state index in [4.69, 9.17) is 11.6 Å². The highest BCUT2D eigenvalue weighted by Gasteiger charge is 2.02. The molecule has 0 atom stereocenters. The van der Waals surface area contributed by atoms with Crippen molar-refractivity contribution in [2.45, 2.75) is 20.0 Å². The summed E-state index contributed by atoms with van der Waals surface area (Å²) in [4.78, 5) is 4.30. The van der Waals surface area contributed by atoms with E-state index in [2.05, 4.69) is 37.7 Å². The number of hydrogen-bond donors (Lipinski definition) is 1. The third-order valence-electron chi connectivity index (χ3n) is 2.51. The number of nitrogens with zero attached hydrogens (tertiary/aromatic N) is 2. The van der Waals surface area contributed by atoms with Crippen molar-refractivity contribution in [3.8, 4) is 0 Å². The minimum absolute atomic E-state index is 0.693. The van der Waals surface area contributed by atoms with Gasteiger partial charge in [0.25, 0.3) is 0 Å². The van der Waals surface area contributed by atoms with Crippen molar-refractivity contribution in [2.24, 2.45) is 0 Å². The van der Waals surface area contributed by atoms with Gasteiger partial charge >= 0.3 is 0 Å². The molecule has 2 aromatic rings. The number of halogens is 2. The number of rotatable bonds is 4. The SMILES string of the molecule is CCn1ccnc1CNc1ccc(Br)c(Cl)c1. The second kappa shape index (κ2) is 5.56. The number of nitrogens with one attached hydrogen (secondary N) is 1. The van der Waals surface area contributed by atoms with Crippen LogP contribution >= 0.6 is 27.5 Å². The van der Waals surface area contributed by atoms with Crippen LogP contribution in [0.25, 0.3) is 0 Å². The molecule has 90 valence electrons. The Balaban J connectivity index is 2.05. The average molecular weight is 315 g/mol. The van der Waals surface area contributed by atoms with E-state index in [1.807, 2.05) is 30.6 Å². The summed E-state index contributed by atoms with van der Waals surface area (Å²) in [6.45, 7) is 3.72. The summed E-state index contributed by atoms with van der Waals surface area (Å²) in [7, 11) is 0. The summed E-state index contributed by atoms with van der Waals surface area (Å²) in [5.41, 5.74) is 0.990. The molecule has 1 aromatic heterocycles. The van der Waals surface area contributed by atoms with Crippen LogP contribution in [-0.2, 0) is 13.1 Å². The molecule has 0 fully saturated rings. The van der Waals surface area contributed by atoms with E-state index in [-0.39, 0.29) is 0 Å². The van der Waals surface area contributed by atoms with Gasteiger partial charge in [-0.25, -0.2) is 4.98 Å². The molecule has 1 N–H and O–H groups in total. The van der Waals surface area contributed by atoms with Crippen molar-refractivity contribution >= 4 is 33.2 Å². The first-order valence-electron chi connectivity index (χ1n) is 5.39. The minimum Gasteiger partial charge on any atom is -0.378 e. The number of benzene rings is 1. The van der Waals surface area contributed by atoms with Gasteiger partial charge in [0, 0.05) is 29.1 Å². The van der Waals surface area contributed by atoms with Crippen molar-refractivity contribution < 1.29 is 0 Å². The van der Waals surface area contributed by atoms with Crippen LogP contribution < -0.4 is 5.32 Å². The Hall–Kier alpha value is -1.000. The van der Waals surface area contributed by atoms with Crippen molar-refractivity contribution in [3.63, 3.8) is 0 Å². The summed E-state index contributed by atoms with van der Waals surface area (Å²) >= 11 is 9.39. The van der Waals surface area contributed by atoms with E-state index < -0.39 is 0 Å². The van der Waals surface area contributed by atoms with E-state index in [9.17, 15) is 0 Å². The first kappa shape index (κ1) is 12.5. The predicted octanol–water partition coefficient (Wildman–Crippen LogP) is 3.93. The molecule has 0 saturated heterocycles. The van der Waals surface area contributed by atoms with Gasteiger partial charge in [-0.3, -0.25) is 0 Å². The summed E-state index contributed by atoms with van der Waals surface area (Å²) in [6.07, 6.45) is 3.79. The summed E-state index contributed by atoms with van der Waals surface area (Å²) in [6, 6.07) is 5.80. The fourth-order valence-electron chi connectivity index (χ4n) is 1.58. The van der Waals surface area contributed by atoms with Crippen molar-refractivity contribution in [1.82, 2.24) is 9.55 Å². The Morgan fingerprint density at radius 1 is 1.47 bits per heavy atom. The number of imidazole rings is 1. The Kier molecular flexibility index (Phi) is 4.07. The van der Waals surface area contributed by atoms with Crippen LogP contribution in [0.3, 0.4) is 0 Å². The third-order valence-corrected chi connectivity index (χ3v) is 3.75. The summed E-state index contributed by atoms with van der Waals surface area (Å²) < 4.78 is 3.01. The van der Waals surface area contributed by atoms with E-state index in [0.29, 0.717) is 11.6 Å². The molecule has 1 aromatic carbocycles. The molecule has 17 heavy (non-hydrogen) atoms. The Morgan fingerprint density at radius 2 is 2.29 bits per heavy atom. The predicted molar refractivity (Wildman–Crippen MR) is 74.4 cm³/mol. The first-order valence-corrected chi connectivity index (χ1v) is 6.56. The maximum atomic E-state index is 6.03. The number of anilines is 1. The van der Waals surface area contributed by atoms with E-state index >= 15 is 0 Å². The fraction of sp³-hybridized carbons (Fsp3) is 0.250. The van der Waals surface area contributed by atoms with E-state index in [0.717, 1.165) is 22.5 Å². The van der Waals surface area contributed by atoms with Crippen LogP contribution in [0.15, 0.2) is 35.1 Å². The lowest BCUT2D eigenvalue weighted by Crippen LogP contribution is -2.07. The van der Waals surface area contributed by atoms with Gasteiger partial charge in [-0.15, -0.1) is 0 Å². The van der Waals surface area contributed by atoms with E-state index in [1.54, 1.807) is 0 Å². The topological polar surface area (TPSA) is 29.9 Å². The van der Waals surface area contributed by atoms with Gasteiger partial charge in [-0.05, 0) is 41.1 Å². The number of hydrogen-bond acceptors (Lipinski definition) is 2. The monoisotopic (exact) mass is 313 g/mol. The molecular formula is C12H13BrClN3. The largest absolute Gasteiger partial charge is 0.378 e. The van der Waals surface area contributed by atoms with Crippen molar-refractivity contribution in [2.75, 3.05) is 5.32 Å². The van der Waals surface area contributed by atoms with Crippen LogP contribution in [-0.4, -0.2) is 9.55 Å². The van der Waals surface area contributed by atoms with Crippen LogP contribution in [0.5, 0.6) is 0 Å². The van der Waals surface area contributed by atoms with Crippen LogP contribution in [0.2, 0.25) is 5.02 Å². The van der Waals surface area contributed by atoms with E-state index in [1.165, 1.54) is 0 Å². The Labute approximate surface area is 114 Å². The summed E-state index contributed by atoms with van der Waals surface area (Å²) in [5.74, 6) is 1.02. The van der Waals surface area contributed by atoms with Crippen LogP contribution in [0.4, 0.5) is 5.69 Å². The van der Waals surface area contributed by atoms with Gasteiger partial charge in [-0.2, -0.15) is 0 Å². The zero-order valence-electron chi connectivity index (χ0n) is 9.45. The van der Waals surface area contributed by atoms with Gasteiger partial charge in [0.2, 0.25) is 0 Å². The quantitative estimate of drug-likeness (QED) is 0.926. The molecule has 0 saturated carbocycles. The lowest BCUT2D eigenvalue weighted by Gasteiger charge is -2.08.